The second-order valence-corrected chi connectivity index (χ2v) is 4.21. The van der Waals surface area contributed by atoms with Gasteiger partial charge in [0, 0.05) is 18.8 Å². The molecule has 6 heteroatoms. The highest BCUT2D eigenvalue weighted by atomic mass is 32.1. The largest absolute Gasteiger partial charge is 0.275 e. The van der Waals surface area contributed by atoms with Crippen LogP contribution >= 0.6 is 11.3 Å². The van der Waals surface area contributed by atoms with Crippen LogP contribution in [0.3, 0.4) is 0 Å². The molecule has 0 atom stereocenters. The summed E-state index contributed by atoms with van der Waals surface area (Å²) in [5.74, 6) is 0. The van der Waals surface area contributed by atoms with E-state index in [1.54, 1.807) is 14.7 Å². The zero-order valence-electron chi connectivity index (χ0n) is 8.38. The second-order valence-electron chi connectivity index (χ2n) is 3.39. The van der Waals surface area contributed by atoms with Crippen LogP contribution in [-0.4, -0.2) is 24.4 Å². The molecule has 3 rings (SSSR count). The Morgan fingerprint density at radius 1 is 1.33 bits per heavy atom. The van der Waals surface area contributed by atoms with E-state index in [1.165, 1.54) is 11.3 Å². The van der Waals surface area contributed by atoms with E-state index < -0.39 is 0 Å². The van der Waals surface area contributed by atoms with Gasteiger partial charge in [0.25, 0.3) is 0 Å². The molecule has 0 unspecified atom stereocenters. The first-order valence-corrected chi connectivity index (χ1v) is 5.41. The van der Waals surface area contributed by atoms with Crippen molar-refractivity contribution in [3.63, 3.8) is 0 Å². The third-order valence-corrected chi connectivity index (χ3v) is 2.96. The maximum absolute atomic E-state index is 4.48. The average Bonchev–Trinajstić information content (AvgIpc) is 2.77. The molecule has 0 saturated carbocycles. The van der Waals surface area contributed by atoms with Gasteiger partial charge in [0.15, 0.2) is 0 Å². The van der Waals surface area contributed by atoms with Gasteiger partial charge in [-0.1, -0.05) is 11.3 Å². The van der Waals surface area contributed by atoms with Crippen molar-refractivity contribution in [1.82, 2.24) is 24.4 Å². The van der Waals surface area contributed by atoms with Crippen LogP contribution in [0.4, 0.5) is 0 Å². The van der Waals surface area contributed by atoms with Gasteiger partial charge in [0.2, 0.25) is 4.96 Å². The highest BCUT2D eigenvalue weighted by Gasteiger charge is 2.10. The highest BCUT2D eigenvalue weighted by Crippen LogP contribution is 2.22. The molecule has 0 amide bonds. The van der Waals surface area contributed by atoms with Gasteiger partial charge in [-0.15, -0.1) is 0 Å². The Bertz CT molecular complexity index is 589. The van der Waals surface area contributed by atoms with Gasteiger partial charge < -0.3 is 0 Å². The molecule has 0 aliphatic heterocycles. The van der Waals surface area contributed by atoms with E-state index in [0.29, 0.717) is 0 Å². The number of hydrogen-bond donors (Lipinski definition) is 0. The highest BCUT2D eigenvalue weighted by molar-refractivity contribution is 7.14. The van der Waals surface area contributed by atoms with Crippen LogP contribution < -0.4 is 0 Å². The number of rotatable bonds is 1. The fourth-order valence-electron chi connectivity index (χ4n) is 1.62. The molecule has 3 heterocycles. The predicted octanol–water partition coefficient (Wildman–Crippen LogP) is 1.50. The molecule has 3 aromatic rings. The number of hydrogen-bond acceptors (Lipinski definition) is 4. The molecular formula is C9H9N5S. The molecular weight excluding hydrogens is 210 g/mol. The van der Waals surface area contributed by atoms with Crippen molar-refractivity contribution in [2.24, 2.45) is 7.05 Å². The van der Waals surface area contributed by atoms with Crippen molar-refractivity contribution in [2.75, 3.05) is 0 Å². The van der Waals surface area contributed by atoms with Gasteiger partial charge in [0.1, 0.15) is 5.51 Å². The molecule has 0 bridgehead atoms. The summed E-state index contributed by atoms with van der Waals surface area (Å²) in [5.41, 5.74) is 4.76. The molecule has 0 fully saturated rings. The van der Waals surface area contributed by atoms with Crippen molar-refractivity contribution < 1.29 is 0 Å². The lowest BCUT2D eigenvalue weighted by Gasteiger charge is -1.89. The maximum atomic E-state index is 4.48. The fourth-order valence-corrected chi connectivity index (χ4v) is 2.22. The van der Waals surface area contributed by atoms with Gasteiger partial charge in [-0.05, 0) is 6.92 Å². The summed E-state index contributed by atoms with van der Waals surface area (Å²) >= 11 is 1.53. The zero-order valence-corrected chi connectivity index (χ0v) is 9.19. The van der Waals surface area contributed by atoms with Crippen LogP contribution in [0.2, 0.25) is 0 Å². The molecule has 3 aromatic heterocycles. The normalized spacial score (nSPS) is 11.3. The van der Waals surface area contributed by atoms with Crippen LogP contribution in [0.1, 0.15) is 5.69 Å². The van der Waals surface area contributed by atoms with E-state index in [0.717, 1.165) is 21.9 Å². The van der Waals surface area contributed by atoms with Crippen LogP contribution in [0.15, 0.2) is 17.9 Å². The first-order chi connectivity index (χ1) is 7.24. The van der Waals surface area contributed by atoms with Crippen molar-refractivity contribution in [1.29, 1.82) is 0 Å². The van der Waals surface area contributed by atoms with E-state index in [9.17, 15) is 0 Å². The summed E-state index contributed by atoms with van der Waals surface area (Å²) in [6.45, 7) is 1.98. The monoisotopic (exact) mass is 219 g/mol. The first-order valence-electron chi connectivity index (χ1n) is 4.53. The number of nitrogens with zero attached hydrogens (tertiary/aromatic N) is 5. The van der Waals surface area contributed by atoms with Gasteiger partial charge in [-0.2, -0.15) is 10.2 Å². The summed E-state index contributed by atoms with van der Waals surface area (Å²) in [6, 6.07) is 0. The molecule has 0 saturated heterocycles. The van der Waals surface area contributed by atoms with Crippen molar-refractivity contribution >= 4 is 16.3 Å². The Kier molecular flexibility index (Phi) is 1.66. The number of imidazole rings is 1. The fraction of sp³-hybridized carbons (Fsp3) is 0.222. The Balaban J connectivity index is 2.21. The van der Waals surface area contributed by atoms with Crippen molar-refractivity contribution in [2.45, 2.75) is 6.92 Å². The lowest BCUT2D eigenvalue weighted by Crippen LogP contribution is -1.86. The van der Waals surface area contributed by atoms with Crippen LogP contribution in [-0.2, 0) is 7.05 Å². The van der Waals surface area contributed by atoms with E-state index in [2.05, 4.69) is 15.2 Å². The van der Waals surface area contributed by atoms with Gasteiger partial charge in [0.05, 0.1) is 17.6 Å². The quantitative estimate of drug-likeness (QED) is 0.623. The third kappa shape index (κ3) is 1.25. The smallest absolute Gasteiger partial charge is 0.212 e. The Morgan fingerprint density at radius 2 is 2.20 bits per heavy atom. The lowest BCUT2D eigenvalue weighted by molar-refractivity contribution is 0.756. The van der Waals surface area contributed by atoms with Crippen molar-refractivity contribution in [3.05, 3.63) is 23.6 Å². The zero-order chi connectivity index (χ0) is 10.4. The molecule has 0 radical (unpaired) electrons. The van der Waals surface area contributed by atoms with E-state index >= 15 is 0 Å². The minimum atomic E-state index is 0.910. The molecule has 5 nitrogen and oxygen atoms in total. The third-order valence-electron chi connectivity index (χ3n) is 2.28. The van der Waals surface area contributed by atoms with Gasteiger partial charge >= 0.3 is 0 Å². The summed E-state index contributed by atoms with van der Waals surface area (Å²) in [4.78, 5) is 5.39. The molecule has 0 aromatic carbocycles. The van der Waals surface area contributed by atoms with E-state index in [1.807, 2.05) is 26.4 Å². The van der Waals surface area contributed by atoms with Crippen LogP contribution in [0.5, 0.6) is 0 Å². The standard InChI is InChI=1S/C9H9N5S/c1-6-7(3-13(2)12-6)8-4-14-9(11-8)15-5-10-14/h3-5H,1-2H3. The first kappa shape index (κ1) is 8.60. The van der Waals surface area contributed by atoms with E-state index in [4.69, 9.17) is 0 Å². The molecule has 15 heavy (non-hydrogen) atoms. The summed E-state index contributed by atoms with van der Waals surface area (Å²) in [7, 11) is 1.91. The minimum Gasteiger partial charge on any atom is -0.275 e. The summed E-state index contributed by atoms with van der Waals surface area (Å²) < 4.78 is 3.58. The minimum absolute atomic E-state index is 0.910. The molecule has 0 spiro atoms. The average molecular weight is 219 g/mol. The maximum Gasteiger partial charge on any atom is 0.212 e. The molecule has 0 aliphatic rings. The van der Waals surface area contributed by atoms with Crippen LogP contribution in [0, 0.1) is 6.92 Å². The Labute approximate surface area is 90.0 Å². The number of aromatic nitrogens is 5. The summed E-state index contributed by atoms with van der Waals surface area (Å²) in [6.07, 6.45) is 3.90. The predicted molar refractivity (Wildman–Crippen MR) is 57.8 cm³/mol. The van der Waals surface area contributed by atoms with Crippen molar-refractivity contribution in [3.8, 4) is 11.3 Å². The van der Waals surface area contributed by atoms with E-state index in [-0.39, 0.29) is 0 Å². The second kappa shape index (κ2) is 2.90. The Morgan fingerprint density at radius 3 is 2.87 bits per heavy atom. The lowest BCUT2D eigenvalue weighted by atomic mass is 10.2. The number of fused-ring (bicyclic) bond motifs is 1. The molecule has 76 valence electrons. The van der Waals surface area contributed by atoms with Gasteiger partial charge in [-0.25, -0.2) is 9.50 Å². The molecule has 0 N–H and O–H groups in total. The van der Waals surface area contributed by atoms with Gasteiger partial charge in [-0.3, -0.25) is 4.68 Å². The van der Waals surface area contributed by atoms with Crippen LogP contribution in [0.25, 0.3) is 16.2 Å². The Hall–Kier alpha value is -1.69. The molecule has 0 aliphatic carbocycles. The SMILES string of the molecule is Cc1nn(C)cc1-c1cn2ncsc2n1. The summed E-state index contributed by atoms with van der Waals surface area (Å²) in [5, 5.41) is 8.44. The number of aryl methyl sites for hydroxylation is 2. The topological polar surface area (TPSA) is 48.0 Å².